The second kappa shape index (κ2) is 7.16. The van der Waals surface area contributed by atoms with E-state index in [9.17, 15) is 22.8 Å². The highest BCUT2D eigenvalue weighted by Crippen LogP contribution is 2.34. The van der Waals surface area contributed by atoms with Gasteiger partial charge in [0.25, 0.3) is 5.91 Å². The van der Waals surface area contributed by atoms with Crippen molar-refractivity contribution in [1.82, 2.24) is 0 Å². The quantitative estimate of drug-likeness (QED) is 0.863. The number of amides is 1. The molecule has 7 heteroatoms. The predicted molar refractivity (Wildman–Crippen MR) is 81.5 cm³/mol. The zero-order valence-corrected chi connectivity index (χ0v) is 12.7. The Morgan fingerprint density at radius 3 is 2.29 bits per heavy atom. The van der Waals surface area contributed by atoms with Crippen molar-refractivity contribution in [3.63, 3.8) is 0 Å². The van der Waals surface area contributed by atoms with Crippen molar-refractivity contribution < 1.29 is 27.5 Å². The summed E-state index contributed by atoms with van der Waals surface area (Å²) < 4.78 is 43.3. The maximum Gasteiger partial charge on any atom is 0.418 e. The van der Waals surface area contributed by atoms with Gasteiger partial charge in [0.05, 0.1) is 16.8 Å². The summed E-state index contributed by atoms with van der Waals surface area (Å²) in [6.45, 7) is 1.17. The molecule has 0 aliphatic heterocycles. The van der Waals surface area contributed by atoms with E-state index in [0.717, 1.165) is 17.7 Å². The number of carbonyl (C=O) groups is 2. The Balaban J connectivity index is 1.97. The molecule has 0 heterocycles. The Morgan fingerprint density at radius 1 is 1.04 bits per heavy atom. The third-order valence-electron chi connectivity index (χ3n) is 3.13. The van der Waals surface area contributed by atoms with Crippen molar-refractivity contribution in [3.05, 3.63) is 65.2 Å². The fourth-order valence-corrected chi connectivity index (χ4v) is 1.93. The van der Waals surface area contributed by atoms with Crippen LogP contribution in [0, 0.1) is 6.92 Å². The van der Waals surface area contributed by atoms with Crippen molar-refractivity contribution in [3.8, 4) is 0 Å². The van der Waals surface area contributed by atoms with Crippen LogP contribution in [0.3, 0.4) is 0 Å². The summed E-state index contributed by atoms with van der Waals surface area (Å²) >= 11 is 0. The molecule has 0 aromatic heterocycles. The van der Waals surface area contributed by atoms with Crippen LogP contribution in [0.4, 0.5) is 18.9 Å². The highest BCUT2D eigenvalue weighted by atomic mass is 19.4. The molecule has 0 atom stereocenters. The van der Waals surface area contributed by atoms with Gasteiger partial charge in [0, 0.05) is 0 Å². The van der Waals surface area contributed by atoms with Crippen molar-refractivity contribution >= 4 is 17.6 Å². The summed E-state index contributed by atoms with van der Waals surface area (Å²) in [7, 11) is 0. The van der Waals surface area contributed by atoms with Gasteiger partial charge in [0.1, 0.15) is 0 Å². The largest absolute Gasteiger partial charge is 0.452 e. The Kier molecular flexibility index (Phi) is 5.23. The first kappa shape index (κ1) is 17.5. The molecule has 0 bridgehead atoms. The molecule has 1 N–H and O–H groups in total. The average molecular weight is 337 g/mol. The molecule has 2 rings (SSSR count). The van der Waals surface area contributed by atoms with Crippen LogP contribution in [0.2, 0.25) is 0 Å². The lowest BCUT2D eigenvalue weighted by Crippen LogP contribution is -2.22. The smallest absolute Gasteiger partial charge is 0.418 e. The van der Waals surface area contributed by atoms with Crippen LogP contribution in [0.15, 0.2) is 48.5 Å². The molecule has 0 radical (unpaired) electrons. The van der Waals surface area contributed by atoms with Gasteiger partial charge in [0.2, 0.25) is 0 Å². The Hall–Kier alpha value is -2.83. The number of carbonyl (C=O) groups excluding carboxylic acids is 2. The summed E-state index contributed by atoms with van der Waals surface area (Å²) in [5, 5.41) is 2.10. The number of alkyl halides is 3. The van der Waals surface area contributed by atoms with Crippen molar-refractivity contribution in [2.75, 3.05) is 11.9 Å². The Labute approximate surface area is 136 Å². The van der Waals surface area contributed by atoms with Crippen LogP contribution in [-0.4, -0.2) is 18.5 Å². The molecule has 4 nitrogen and oxygen atoms in total. The standard InChI is InChI=1S/C17H14F3NO3/c1-11-6-8-12(9-7-11)16(23)24-10-15(22)21-14-5-3-2-4-13(14)17(18,19)20/h2-9H,10H2,1H3,(H,21,22). The summed E-state index contributed by atoms with van der Waals surface area (Å²) in [6.07, 6.45) is -4.59. The van der Waals surface area contributed by atoms with Crippen LogP contribution >= 0.6 is 0 Å². The molecule has 0 saturated carbocycles. The molecular weight excluding hydrogens is 323 g/mol. The molecule has 2 aromatic rings. The number of anilines is 1. The molecule has 0 aliphatic carbocycles. The van der Waals surface area contributed by atoms with E-state index < -0.39 is 30.2 Å². The summed E-state index contributed by atoms with van der Waals surface area (Å²) in [4.78, 5) is 23.5. The molecule has 126 valence electrons. The minimum atomic E-state index is -4.59. The maximum absolute atomic E-state index is 12.8. The molecule has 0 spiro atoms. The van der Waals surface area contributed by atoms with E-state index in [2.05, 4.69) is 5.32 Å². The van der Waals surface area contributed by atoms with Crippen LogP contribution in [0.1, 0.15) is 21.5 Å². The zero-order chi connectivity index (χ0) is 17.7. The number of benzene rings is 2. The van der Waals surface area contributed by atoms with Gasteiger partial charge in [-0.05, 0) is 31.2 Å². The maximum atomic E-state index is 12.8. The fourth-order valence-electron chi connectivity index (χ4n) is 1.93. The first-order valence-corrected chi connectivity index (χ1v) is 6.97. The number of ether oxygens (including phenoxy) is 1. The third-order valence-corrected chi connectivity index (χ3v) is 3.13. The third kappa shape index (κ3) is 4.58. The average Bonchev–Trinajstić information content (AvgIpc) is 2.53. The number of halogens is 3. The lowest BCUT2D eigenvalue weighted by molar-refractivity contribution is -0.137. The second-order valence-corrected chi connectivity index (χ2v) is 5.03. The molecular formula is C17H14F3NO3. The zero-order valence-electron chi connectivity index (χ0n) is 12.7. The normalized spacial score (nSPS) is 11.0. The van der Waals surface area contributed by atoms with E-state index in [1.807, 2.05) is 6.92 Å². The number of rotatable bonds is 4. The van der Waals surface area contributed by atoms with E-state index in [0.29, 0.717) is 0 Å². The Morgan fingerprint density at radius 2 is 1.67 bits per heavy atom. The molecule has 24 heavy (non-hydrogen) atoms. The van der Waals surface area contributed by atoms with Gasteiger partial charge in [-0.15, -0.1) is 0 Å². The van der Waals surface area contributed by atoms with Crippen molar-refractivity contribution in [1.29, 1.82) is 0 Å². The molecule has 0 fully saturated rings. The molecule has 2 aromatic carbocycles. The van der Waals surface area contributed by atoms with Crippen molar-refractivity contribution in [2.24, 2.45) is 0 Å². The minimum Gasteiger partial charge on any atom is -0.452 e. The van der Waals surface area contributed by atoms with Gasteiger partial charge in [-0.3, -0.25) is 4.79 Å². The van der Waals surface area contributed by atoms with E-state index in [-0.39, 0.29) is 11.3 Å². The van der Waals surface area contributed by atoms with Crippen LogP contribution in [-0.2, 0) is 15.7 Å². The van der Waals surface area contributed by atoms with E-state index in [1.165, 1.54) is 24.3 Å². The molecule has 0 unspecified atom stereocenters. The van der Waals surface area contributed by atoms with Crippen LogP contribution < -0.4 is 5.32 Å². The highest BCUT2D eigenvalue weighted by Gasteiger charge is 2.33. The Bertz CT molecular complexity index is 739. The van der Waals surface area contributed by atoms with Crippen LogP contribution in [0.5, 0.6) is 0 Å². The monoisotopic (exact) mass is 337 g/mol. The second-order valence-electron chi connectivity index (χ2n) is 5.03. The number of nitrogens with one attached hydrogen (secondary N) is 1. The van der Waals surface area contributed by atoms with Gasteiger partial charge in [-0.2, -0.15) is 13.2 Å². The summed E-state index contributed by atoms with van der Waals surface area (Å²) in [5.74, 6) is -1.58. The van der Waals surface area contributed by atoms with Crippen molar-refractivity contribution in [2.45, 2.75) is 13.1 Å². The van der Waals surface area contributed by atoms with E-state index >= 15 is 0 Å². The highest BCUT2D eigenvalue weighted by molar-refractivity contribution is 5.96. The minimum absolute atomic E-state index is 0.254. The van der Waals surface area contributed by atoms with E-state index in [1.54, 1.807) is 12.1 Å². The summed E-state index contributed by atoms with van der Waals surface area (Å²) in [6, 6.07) is 11.0. The number of esters is 1. The van der Waals surface area contributed by atoms with Crippen LogP contribution in [0.25, 0.3) is 0 Å². The summed E-state index contributed by atoms with van der Waals surface area (Å²) in [5.41, 5.74) is -0.151. The fraction of sp³-hybridized carbons (Fsp3) is 0.176. The lowest BCUT2D eigenvalue weighted by Gasteiger charge is -2.13. The molecule has 1 amide bonds. The van der Waals surface area contributed by atoms with Gasteiger partial charge < -0.3 is 10.1 Å². The number of hydrogen-bond acceptors (Lipinski definition) is 3. The number of hydrogen-bond donors (Lipinski definition) is 1. The van der Waals surface area contributed by atoms with Gasteiger partial charge in [-0.25, -0.2) is 4.79 Å². The lowest BCUT2D eigenvalue weighted by atomic mass is 10.1. The number of para-hydroxylation sites is 1. The first-order valence-electron chi connectivity index (χ1n) is 6.97. The SMILES string of the molecule is Cc1ccc(C(=O)OCC(=O)Nc2ccccc2C(F)(F)F)cc1. The van der Waals surface area contributed by atoms with Gasteiger partial charge in [-0.1, -0.05) is 29.8 Å². The topological polar surface area (TPSA) is 55.4 Å². The molecule has 0 aliphatic rings. The molecule has 0 saturated heterocycles. The number of aryl methyl sites for hydroxylation is 1. The predicted octanol–water partition coefficient (Wildman–Crippen LogP) is 3.81. The van der Waals surface area contributed by atoms with Gasteiger partial charge >= 0.3 is 12.1 Å². The first-order chi connectivity index (χ1) is 11.3. The van der Waals surface area contributed by atoms with Gasteiger partial charge in [0.15, 0.2) is 6.61 Å². The van der Waals surface area contributed by atoms with E-state index in [4.69, 9.17) is 4.74 Å².